The summed E-state index contributed by atoms with van der Waals surface area (Å²) < 4.78 is 4.66. The second-order valence-corrected chi connectivity index (χ2v) is 7.11. The number of amides is 1. The molecule has 0 unspecified atom stereocenters. The van der Waals surface area contributed by atoms with Crippen LogP contribution in [-0.2, 0) is 9.53 Å². The Bertz CT molecular complexity index is 519. The maximum Gasteiger partial charge on any atom is 0.337 e. The molecule has 0 atom stereocenters. The van der Waals surface area contributed by atoms with Crippen LogP contribution >= 0.6 is 11.8 Å². The van der Waals surface area contributed by atoms with Gasteiger partial charge in [0.1, 0.15) is 0 Å². The second-order valence-electron chi connectivity index (χ2n) is 5.31. The molecule has 0 spiro atoms. The van der Waals surface area contributed by atoms with E-state index in [0.29, 0.717) is 11.3 Å². The zero-order chi connectivity index (χ0) is 15.9. The minimum Gasteiger partial charge on any atom is -0.465 e. The minimum absolute atomic E-state index is 0.0464. The Kier molecular flexibility index (Phi) is 6.42. The fourth-order valence-electron chi connectivity index (χ4n) is 1.32. The van der Waals surface area contributed by atoms with E-state index in [1.165, 1.54) is 13.3 Å². The molecule has 1 rings (SSSR count). The van der Waals surface area contributed by atoms with Crippen LogP contribution in [-0.4, -0.2) is 35.7 Å². The number of carbonyl (C=O) groups excluding carboxylic acids is 2. The number of hydrazone groups is 1. The van der Waals surface area contributed by atoms with Crippen LogP contribution in [0.3, 0.4) is 0 Å². The van der Waals surface area contributed by atoms with Gasteiger partial charge in [-0.2, -0.15) is 5.10 Å². The molecule has 1 amide bonds. The van der Waals surface area contributed by atoms with Crippen LogP contribution in [0.5, 0.6) is 0 Å². The van der Waals surface area contributed by atoms with E-state index in [1.54, 1.807) is 36.0 Å². The lowest BCUT2D eigenvalue weighted by Crippen LogP contribution is -2.22. The summed E-state index contributed by atoms with van der Waals surface area (Å²) in [5.74, 6) is -0.161. The van der Waals surface area contributed by atoms with Crippen molar-refractivity contribution in [3.8, 4) is 0 Å². The number of thioether (sulfide) groups is 1. The molecule has 5 nitrogen and oxygen atoms in total. The van der Waals surface area contributed by atoms with E-state index in [0.717, 1.165) is 5.56 Å². The summed E-state index contributed by atoms with van der Waals surface area (Å²) in [7, 11) is 1.34. The van der Waals surface area contributed by atoms with Gasteiger partial charge in [-0.15, -0.1) is 11.8 Å². The van der Waals surface area contributed by atoms with Gasteiger partial charge in [-0.05, 0) is 17.7 Å². The second kappa shape index (κ2) is 7.83. The average Bonchev–Trinajstić information content (AvgIpc) is 2.44. The lowest BCUT2D eigenvalue weighted by atomic mass is 10.1. The summed E-state index contributed by atoms with van der Waals surface area (Å²) in [6.07, 6.45) is 1.53. The SMILES string of the molecule is COC(=O)c1ccc(/C=N/NC(=O)CSC(C)(C)C)cc1. The van der Waals surface area contributed by atoms with Crippen LogP contribution in [0.4, 0.5) is 0 Å². The van der Waals surface area contributed by atoms with Crippen LogP contribution < -0.4 is 5.43 Å². The number of nitrogens with zero attached hydrogens (tertiary/aromatic N) is 1. The summed E-state index contributed by atoms with van der Waals surface area (Å²) in [6.45, 7) is 6.16. The Morgan fingerprint density at radius 1 is 1.29 bits per heavy atom. The highest BCUT2D eigenvalue weighted by Crippen LogP contribution is 2.22. The number of nitrogens with one attached hydrogen (secondary N) is 1. The third-order valence-electron chi connectivity index (χ3n) is 2.37. The van der Waals surface area contributed by atoms with Crippen molar-refractivity contribution in [1.29, 1.82) is 0 Å². The predicted molar refractivity (Wildman–Crippen MR) is 85.7 cm³/mol. The van der Waals surface area contributed by atoms with Crippen molar-refractivity contribution in [1.82, 2.24) is 5.43 Å². The smallest absolute Gasteiger partial charge is 0.337 e. The Labute approximate surface area is 129 Å². The number of esters is 1. The lowest BCUT2D eigenvalue weighted by molar-refractivity contribution is -0.118. The molecule has 114 valence electrons. The minimum atomic E-state index is -0.383. The third kappa shape index (κ3) is 6.94. The fourth-order valence-corrected chi connectivity index (χ4v) is 1.94. The molecule has 0 saturated carbocycles. The predicted octanol–water partition coefficient (Wildman–Crippen LogP) is 2.46. The van der Waals surface area contributed by atoms with Gasteiger partial charge in [0.05, 0.1) is 24.6 Å². The van der Waals surface area contributed by atoms with Gasteiger partial charge in [-0.25, -0.2) is 10.2 Å². The van der Waals surface area contributed by atoms with Crippen molar-refractivity contribution in [2.75, 3.05) is 12.9 Å². The molecule has 0 aliphatic heterocycles. The highest BCUT2D eigenvalue weighted by Gasteiger charge is 2.12. The normalized spacial score (nSPS) is 11.4. The molecule has 1 aromatic carbocycles. The fraction of sp³-hybridized carbons (Fsp3) is 0.400. The van der Waals surface area contributed by atoms with Crippen LogP contribution in [0.25, 0.3) is 0 Å². The Hall–Kier alpha value is -1.82. The topological polar surface area (TPSA) is 67.8 Å². The van der Waals surface area contributed by atoms with Gasteiger partial charge >= 0.3 is 5.97 Å². The Morgan fingerprint density at radius 3 is 2.43 bits per heavy atom. The maximum atomic E-state index is 11.6. The molecule has 0 aromatic heterocycles. The lowest BCUT2D eigenvalue weighted by Gasteiger charge is -2.16. The molecule has 0 heterocycles. The summed E-state index contributed by atoms with van der Waals surface area (Å²) in [4.78, 5) is 22.8. The van der Waals surface area contributed by atoms with Crippen molar-refractivity contribution < 1.29 is 14.3 Å². The van der Waals surface area contributed by atoms with Gasteiger partial charge < -0.3 is 4.74 Å². The molecular weight excluding hydrogens is 288 g/mol. The number of hydrogen-bond donors (Lipinski definition) is 1. The molecule has 1 N–H and O–H groups in total. The van der Waals surface area contributed by atoms with E-state index in [9.17, 15) is 9.59 Å². The molecule has 1 aromatic rings. The zero-order valence-corrected chi connectivity index (χ0v) is 13.5. The number of benzene rings is 1. The highest BCUT2D eigenvalue weighted by atomic mass is 32.2. The zero-order valence-electron chi connectivity index (χ0n) is 12.7. The quantitative estimate of drug-likeness (QED) is 0.515. The maximum absolute atomic E-state index is 11.6. The number of rotatable bonds is 5. The van der Waals surface area contributed by atoms with Crippen LogP contribution in [0.15, 0.2) is 29.4 Å². The summed E-state index contributed by atoms with van der Waals surface area (Å²) in [5, 5.41) is 3.88. The molecular formula is C15H20N2O3S. The first-order valence-electron chi connectivity index (χ1n) is 6.46. The molecule has 6 heteroatoms. The first kappa shape index (κ1) is 17.2. The van der Waals surface area contributed by atoms with E-state index >= 15 is 0 Å². The largest absolute Gasteiger partial charge is 0.465 e. The van der Waals surface area contributed by atoms with Gasteiger partial charge in [0.25, 0.3) is 0 Å². The molecule has 0 fully saturated rings. The Balaban J connectivity index is 2.46. The van der Waals surface area contributed by atoms with E-state index in [1.807, 2.05) is 0 Å². The average molecular weight is 308 g/mol. The van der Waals surface area contributed by atoms with Crippen molar-refractivity contribution >= 4 is 29.9 Å². The van der Waals surface area contributed by atoms with Crippen molar-refractivity contribution in [3.63, 3.8) is 0 Å². The van der Waals surface area contributed by atoms with Crippen molar-refractivity contribution in [3.05, 3.63) is 35.4 Å². The van der Waals surface area contributed by atoms with E-state index < -0.39 is 0 Å². The van der Waals surface area contributed by atoms with Crippen LogP contribution in [0.2, 0.25) is 0 Å². The van der Waals surface area contributed by atoms with Gasteiger partial charge in [-0.3, -0.25) is 4.79 Å². The number of hydrogen-bond acceptors (Lipinski definition) is 5. The number of ether oxygens (including phenoxy) is 1. The van der Waals surface area contributed by atoms with Gasteiger partial charge in [-0.1, -0.05) is 32.9 Å². The molecule has 21 heavy (non-hydrogen) atoms. The molecule has 0 aliphatic rings. The Morgan fingerprint density at radius 2 is 1.90 bits per heavy atom. The first-order valence-corrected chi connectivity index (χ1v) is 7.44. The third-order valence-corrected chi connectivity index (χ3v) is 3.64. The van der Waals surface area contributed by atoms with E-state index in [-0.39, 0.29) is 16.6 Å². The monoisotopic (exact) mass is 308 g/mol. The molecule has 0 aliphatic carbocycles. The number of carbonyl (C=O) groups is 2. The first-order chi connectivity index (χ1) is 9.81. The summed E-state index contributed by atoms with van der Waals surface area (Å²) >= 11 is 1.56. The van der Waals surface area contributed by atoms with Gasteiger partial charge in [0.2, 0.25) is 5.91 Å². The highest BCUT2D eigenvalue weighted by molar-refractivity contribution is 8.01. The molecule has 0 radical (unpaired) electrons. The molecule has 0 saturated heterocycles. The van der Waals surface area contributed by atoms with Crippen LogP contribution in [0.1, 0.15) is 36.7 Å². The summed E-state index contributed by atoms with van der Waals surface area (Å²) in [6, 6.07) is 6.74. The standard InChI is InChI=1S/C15H20N2O3S/c1-15(2,3)21-10-13(18)17-16-9-11-5-7-12(8-6-11)14(19)20-4/h5-9H,10H2,1-4H3,(H,17,18)/b16-9+. The van der Waals surface area contributed by atoms with E-state index in [4.69, 9.17) is 0 Å². The van der Waals surface area contributed by atoms with E-state index in [2.05, 4.69) is 36.0 Å². The van der Waals surface area contributed by atoms with Gasteiger partial charge in [0, 0.05) is 4.75 Å². The summed E-state index contributed by atoms with van der Waals surface area (Å²) in [5.41, 5.74) is 3.73. The number of methoxy groups -OCH3 is 1. The molecule has 0 bridgehead atoms. The van der Waals surface area contributed by atoms with Crippen molar-refractivity contribution in [2.45, 2.75) is 25.5 Å². The van der Waals surface area contributed by atoms with Crippen LogP contribution in [0, 0.1) is 0 Å². The van der Waals surface area contributed by atoms with Gasteiger partial charge in [0.15, 0.2) is 0 Å². The van der Waals surface area contributed by atoms with Crippen molar-refractivity contribution in [2.24, 2.45) is 5.10 Å².